The summed E-state index contributed by atoms with van der Waals surface area (Å²) in [5.41, 5.74) is 8.14. The molecule has 140 valence electrons. The van der Waals surface area contributed by atoms with E-state index in [1.54, 1.807) is 0 Å². The third-order valence-corrected chi connectivity index (χ3v) is 5.40. The van der Waals surface area contributed by atoms with Crippen molar-refractivity contribution >= 4 is 5.69 Å². The highest BCUT2D eigenvalue weighted by molar-refractivity contribution is 5.39. The lowest BCUT2D eigenvalue weighted by molar-refractivity contribution is 0.184. The molecular formula is C20H35N5. The van der Waals surface area contributed by atoms with Gasteiger partial charge in [-0.25, -0.2) is 0 Å². The first-order valence-electron chi connectivity index (χ1n) is 10.00. The highest BCUT2D eigenvalue weighted by atomic mass is 15.2. The van der Waals surface area contributed by atoms with Crippen molar-refractivity contribution in [2.45, 2.75) is 19.3 Å². The molecule has 0 radical (unpaired) electrons. The minimum absolute atomic E-state index is 0.680. The second-order valence-electron chi connectivity index (χ2n) is 7.62. The van der Waals surface area contributed by atoms with E-state index >= 15 is 0 Å². The van der Waals surface area contributed by atoms with E-state index in [9.17, 15) is 0 Å². The molecule has 0 amide bonds. The first-order valence-corrected chi connectivity index (χ1v) is 10.00. The van der Waals surface area contributed by atoms with Gasteiger partial charge in [0, 0.05) is 45.0 Å². The fourth-order valence-electron chi connectivity index (χ4n) is 4.07. The van der Waals surface area contributed by atoms with Crippen molar-refractivity contribution in [2.24, 2.45) is 5.92 Å². The van der Waals surface area contributed by atoms with Crippen LogP contribution in [0.3, 0.4) is 0 Å². The molecule has 0 spiro atoms. The lowest BCUT2D eigenvalue weighted by Crippen LogP contribution is -2.40. The Morgan fingerprint density at radius 1 is 0.800 bits per heavy atom. The molecule has 2 fully saturated rings. The quantitative estimate of drug-likeness (QED) is 0.699. The van der Waals surface area contributed by atoms with Gasteiger partial charge in [0.15, 0.2) is 0 Å². The Bertz CT molecular complexity index is 451. The molecule has 5 heteroatoms. The smallest absolute Gasteiger partial charge is 0.0314 e. The van der Waals surface area contributed by atoms with Crippen LogP contribution in [0.5, 0.6) is 0 Å². The van der Waals surface area contributed by atoms with Crippen molar-refractivity contribution in [3.05, 3.63) is 29.8 Å². The van der Waals surface area contributed by atoms with E-state index in [2.05, 4.69) is 32.6 Å². The van der Waals surface area contributed by atoms with Crippen LogP contribution in [-0.2, 0) is 6.42 Å². The van der Waals surface area contributed by atoms with Crippen LogP contribution >= 0.6 is 0 Å². The number of nitrogens with one attached hydrogen (secondary N) is 2. The zero-order valence-electron chi connectivity index (χ0n) is 15.6. The molecule has 1 aromatic rings. The van der Waals surface area contributed by atoms with Gasteiger partial charge in [0.2, 0.25) is 0 Å². The number of anilines is 1. The molecule has 2 aliphatic rings. The summed E-state index contributed by atoms with van der Waals surface area (Å²) in [6.45, 7) is 11.6. The van der Waals surface area contributed by atoms with Gasteiger partial charge >= 0.3 is 0 Å². The number of rotatable bonds is 2. The van der Waals surface area contributed by atoms with Gasteiger partial charge in [-0.2, -0.15) is 0 Å². The Labute approximate surface area is 152 Å². The molecule has 0 aliphatic carbocycles. The largest absolute Gasteiger partial charge is 0.399 e. The van der Waals surface area contributed by atoms with Gasteiger partial charge in [0.1, 0.15) is 0 Å². The van der Waals surface area contributed by atoms with Crippen LogP contribution in [0.25, 0.3) is 0 Å². The van der Waals surface area contributed by atoms with E-state index in [0.717, 1.165) is 51.4 Å². The first-order chi connectivity index (χ1) is 12.3. The van der Waals surface area contributed by atoms with E-state index in [1.165, 1.54) is 44.6 Å². The molecule has 2 atom stereocenters. The predicted octanol–water partition coefficient (Wildman–Crippen LogP) is 1.02. The third kappa shape index (κ3) is 6.59. The second kappa shape index (κ2) is 10.1. The summed E-state index contributed by atoms with van der Waals surface area (Å²) in [7, 11) is 0. The SMILES string of the molecule is Nc1ccc(CC2CN3CCCNCCN(CCCNCC3)C2)cc1. The maximum absolute atomic E-state index is 5.86. The number of nitrogens with two attached hydrogens (primary N) is 1. The molecule has 25 heavy (non-hydrogen) atoms. The summed E-state index contributed by atoms with van der Waals surface area (Å²) < 4.78 is 0. The zero-order valence-corrected chi connectivity index (χ0v) is 15.6. The van der Waals surface area contributed by atoms with Crippen molar-refractivity contribution in [1.29, 1.82) is 0 Å². The van der Waals surface area contributed by atoms with Crippen LogP contribution in [0.15, 0.2) is 24.3 Å². The lowest BCUT2D eigenvalue weighted by Gasteiger charge is -2.30. The van der Waals surface area contributed by atoms with Gasteiger partial charge in [-0.15, -0.1) is 0 Å². The predicted molar refractivity (Wildman–Crippen MR) is 106 cm³/mol. The summed E-state index contributed by atoms with van der Waals surface area (Å²) >= 11 is 0. The summed E-state index contributed by atoms with van der Waals surface area (Å²) in [5.74, 6) is 0.680. The Morgan fingerprint density at radius 3 is 1.92 bits per heavy atom. The molecule has 2 bridgehead atoms. The van der Waals surface area contributed by atoms with Crippen molar-refractivity contribution in [3.8, 4) is 0 Å². The lowest BCUT2D eigenvalue weighted by atomic mass is 9.97. The minimum atomic E-state index is 0.680. The molecule has 3 rings (SSSR count). The molecule has 0 aromatic heterocycles. The first kappa shape index (κ1) is 18.6. The summed E-state index contributed by atoms with van der Waals surface area (Å²) in [5, 5.41) is 7.25. The molecule has 2 saturated heterocycles. The normalized spacial score (nSPS) is 29.7. The standard InChI is InChI=1S/C20H35N5/c21-20-5-3-18(4-6-20)15-19-16-24-11-1-7-22-9-14-25(17-19)12-2-8-23-10-13-24/h3-6,19,22-23H,1-2,7-17,21H2. The topological polar surface area (TPSA) is 56.6 Å². The van der Waals surface area contributed by atoms with Crippen LogP contribution in [0.2, 0.25) is 0 Å². The maximum Gasteiger partial charge on any atom is 0.0314 e. The maximum atomic E-state index is 5.86. The van der Waals surface area contributed by atoms with Crippen molar-refractivity contribution in [3.63, 3.8) is 0 Å². The summed E-state index contributed by atoms with van der Waals surface area (Å²) in [6.07, 6.45) is 3.64. The van der Waals surface area contributed by atoms with E-state index in [0.29, 0.717) is 5.92 Å². The zero-order chi connectivity index (χ0) is 17.3. The fraction of sp³-hybridized carbons (Fsp3) is 0.700. The van der Waals surface area contributed by atoms with E-state index in [4.69, 9.17) is 5.73 Å². The molecule has 4 N–H and O–H groups in total. The minimum Gasteiger partial charge on any atom is -0.399 e. The molecule has 5 nitrogen and oxygen atoms in total. The van der Waals surface area contributed by atoms with Gasteiger partial charge < -0.3 is 26.2 Å². The Kier molecular flexibility index (Phi) is 7.55. The van der Waals surface area contributed by atoms with Crippen LogP contribution in [0, 0.1) is 5.92 Å². The van der Waals surface area contributed by atoms with Gasteiger partial charge in [-0.05, 0) is 69.1 Å². The van der Waals surface area contributed by atoms with Crippen LogP contribution < -0.4 is 16.4 Å². The molecule has 2 unspecified atom stereocenters. The average Bonchev–Trinajstić information content (AvgIpc) is 2.68. The average molecular weight is 346 g/mol. The molecule has 2 aliphatic heterocycles. The van der Waals surface area contributed by atoms with Crippen molar-refractivity contribution in [2.75, 3.05) is 71.2 Å². The van der Waals surface area contributed by atoms with E-state index in [-0.39, 0.29) is 0 Å². The Morgan fingerprint density at radius 2 is 1.36 bits per heavy atom. The van der Waals surface area contributed by atoms with Crippen LogP contribution in [0.1, 0.15) is 18.4 Å². The molecule has 0 saturated carbocycles. The number of nitrogen functional groups attached to an aromatic ring is 1. The number of hydrogen-bond acceptors (Lipinski definition) is 5. The number of nitrogens with zero attached hydrogens (tertiary/aromatic N) is 2. The Hall–Kier alpha value is -1.14. The monoisotopic (exact) mass is 345 g/mol. The van der Waals surface area contributed by atoms with Crippen LogP contribution in [0.4, 0.5) is 5.69 Å². The number of benzene rings is 1. The van der Waals surface area contributed by atoms with E-state index < -0.39 is 0 Å². The molecular weight excluding hydrogens is 310 g/mol. The fourth-order valence-corrected chi connectivity index (χ4v) is 4.07. The van der Waals surface area contributed by atoms with Gasteiger partial charge in [-0.1, -0.05) is 12.1 Å². The van der Waals surface area contributed by atoms with E-state index in [1.807, 2.05) is 12.1 Å². The highest BCUT2D eigenvalue weighted by Crippen LogP contribution is 2.15. The number of hydrogen-bond donors (Lipinski definition) is 3. The van der Waals surface area contributed by atoms with Crippen molar-refractivity contribution < 1.29 is 0 Å². The Balaban J connectivity index is 1.73. The van der Waals surface area contributed by atoms with Crippen LogP contribution in [-0.4, -0.2) is 75.2 Å². The molecule has 2 heterocycles. The summed E-state index contributed by atoms with van der Waals surface area (Å²) in [6, 6.07) is 8.49. The van der Waals surface area contributed by atoms with Gasteiger partial charge in [0.25, 0.3) is 0 Å². The number of fused-ring (bicyclic) bond motifs is 4. The summed E-state index contributed by atoms with van der Waals surface area (Å²) in [4.78, 5) is 5.34. The van der Waals surface area contributed by atoms with Gasteiger partial charge in [0.05, 0.1) is 0 Å². The second-order valence-corrected chi connectivity index (χ2v) is 7.62. The third-order valence-electron chi connectivity index (χ3n) is 5.40. The highest BCUT2D eigenvalue weighted by Gasteiger charge is 2.20. The molecule has 1 aromatic carbocycles. The van der Waals surface area contributed by atoms with Crippen molar-refractivity contribution in [1.82, 2.24) is 20.4 Å². The van der Waals surface area contributed by atoms with Gasteiger partial charge in [-0.3, -0.25) is 0 Å².